The first-order valence-electron chi connectivity index (χ1n) is 17.9. The van der Waals surface area contributed by atoms with Crippen LogP contribution in [-0.4, -0.2) is 84.1 Å². The van der Waals surface area contributed by atoms with Crippen LogP contribution in [-0.2, 0) is 39.6 Å². The molecule has 16 heteroatoms. The Bertz CT molecular complexity index is 1000. The van der Waals surface area contributed by atoms with E-state index in [-0.39, 0.29) is 19.4 Å². The fourth-order valence-corrected chi connectivity index (χ4v) is 33.9. The lowest BCUT2D eigenvalue weighted by Gasteiger charge is -2.42. The highest BCUT2D eigenvalue weighted by Gasteiger charge is 2.49. The summed E-state index contributed by atoms with van der Waals surface area (Å²) >= 11 is 0. The first-order valence-corrected chi connectivity index (χ1v) is 39.1. The molecule has 0 aliphatic heterocycles. The van der Waals surface area contributed by atoms with Gasteiger partial charge in [0.05, 0.1) is 13.2 Å². The van der Waals surface area contributed by atoms with Gasteiger partial charge in [-0.05, 0) is 137 Å². The predicted molar refractivity (Wildman–Crippen MR) is 231 cm³/mol. The van der Waals surface area contributed by atoms with Crippen molar-refractivity contribution in [3.8, 4) is 0 Å². The second kappa shape index (κ2) is 22.8. The first kappa shape index (κ1) is 54.1. The summed E-state index contributed by atoms with van der Waals surface area (Å²) < 4.78 is 43.2. The van der Waals surface area contributed by atoms with Crippen LogP contribution in [0.2, 0.25) is 116 Å². The molecule has 50 heavy (non-hydrogen) atoms. The number of hydrogen-bond donors (Lipinski definition) is 0. The Balaban J connectivity index is -0.000000867. The van der Waals surface area contributed by atoms with Crippen molar-refractivity contribution >= 4 is 70.9 Å². The fraction of sp³-hybridized carbons (Fsp3) is 0.824. The summed E-state index contributed by atoms with van der Waals surface area (Å²) in [6.07, 6.45) is 3.95. The van der Waals surface area contributed by atoms with Gasteiger partial charge in [-0.3, -0.25) is 0 Å². The molecule has 0 fully saturated rings. The predicted octanol–water partition coefficient (Wildman–Crippen LogP) is 11.1. The Morgan fingerprint density at radius 3 is 1.08 bits per heavy atom. The second-order valence-electron chi connectivity index (χ2n) is 17.6. The maximum atomic E-state index is 11.6. The first-order chi connectivity index (χ1) is 21.8. The summed E-state index contributed by atoms with van der Waals surface area (Å²) in [5, 5.41) is 0. The van der Waals surface area contributed by atoms with E-state index >= 15 is 0 Å². The lowest BCUT2D eigenvalue weighted by atomic mass is 10.4. The SMILES string of the molecule is C.C=C(C)C(=O)OCCC[Si](C)(C)O[Si](C)(C)O[Si](C)(C)CCCC.C=C(C)C(=O)OCCC[Si](O[Si](C)(C)C)(O[Si](C)(C)C)O[Si](C)(C)C. The van der Waals surface area contributed by atoms with Crippen LogP contribution in [0.3, 0.4) is 0 Å². The third-order valence-electron chi connectivity index (χ3n) is 6.28. The number of rotatable bonds is 23. The highest BCUT2D eigenvalue weighted by Crippen LogP contribution is 2.30. The van der Waals surface area contributed by atoms with Crippen molar-refractivity contribution in [1.82, 2.24) is 0 Å². The minimum Gasteiger partial charge on any atom is -0.462 e. The molecular formula is C34H80O9Si7. The molecule has 0 aromatic rings. The smallest absolute Gasteiger partial charge is 0.462 e. The normalized spacial score (nSPS) is 13.1. The fourth-order valence-electron chi connectivity index (χ4n) is 5.03. The lowest BCUT2D eigenvalue weighted by molar-refractivity contribution is -0.139. The molecule has 0 aromatic heterocycles. The van der Waals surface area contributed by atoms with Gasteiger partial charge in [-0.25, -0.2) is 9.59 Å². The molecule has 0 heterocycles. The van der Waals surface area contributed by atoms with Crippen LogP contribution < -0.4 is 0 Å². The third-order valence-corrected chi connectivity index (χ3v) is 29.8. The van der Waals surface area contributed by atoms with E-state index in [4.69, 9.17) is 30.0 Å². The maximum Gasteiger partial charge on any atom is 0.469 e. The van der Waals surface area contributed by atoms with E-state index in [1.807, 2.05) is 0 Å². The Labute approximate surface area is 316 Å². The molecule has 0 aromatic carbocycles. The molecule has 0 atom stereocenters. The van der Waals surface area contributed by atoms with Crippen LogP contribution >= 0.6 is 0 Å². The van der Waals surface area contributed by atoms with E-state index in [0.717, 1.165) is 12.5 Å². The van der Waals surface area contributed by atoms with Crippen LogP contribution in [0.15, 0.2) is 24.3 Å². The highest BCUT2D eigenvalue weighted by atomic mass is 28.5. The average molecular weight is 830 g/mol. The van der Waals surface area contributed by atoms with Crippen LogP contribution in [0.25, 0.3) is 0 Å². The minimum absolute atomic E-state index is 0. The van der Waals surface area contributed by atoms with E-state index in [2.05, 4.69) is 118 Å². The molecule has 298 valence electrons. The molecule has 0 unspecified atom stereocenters. The molecule has 0 amide bonds. The van der Waals surface area contributed by atoms with Gasteiger partial charge < -0.3 is 30.0 Å². The van der Waals surface area contributed by atoms with Crippen molar-refractivity contribution < 1.29 is 39.6 Å². The van der Waals surface area contributed by atoms with E-state index < -0.39 is 59.0 Å². The van der Waals surface area contributed by atoms with Crippen LogP contribution in [0.1, 0.15) is 53.9 Å². The quantitative estimate of drug-likeness (QED) is 0.0431. The van der Waals surface area contributed by atoms with Crippen molar-refractivity contribution in [2.45, 2.75) is 170 Å². The molecule has 0 spiro atoms. The summed E-state index contributed by atoms with van der Waals surface area (Å²) in [6.45, 7) is 46.4. The molecule has 0 saturated carbocycles. The molecule has 0 rings (SSSR count). The molecule has 0 aliphatic rings. The Kier molecular flexibility index (Phi) is 24.7. The van der Waals surface area contributed by atoms with Gasteiger partial charge in [0.15, 0.2) is 41.6 Å². The van der Waals surface area contributed by atoms with Crippen LogP contribution in [0, 0.1) is 0 Å². The van der Waals surface area contributed by atoms with Gasteiger partial charge in [-0.2, -0.15) is 0 Å². The van der Waals surface area contributed by atoms with Crippen molar-refractivity contribution in [2.24, 2.45) is 0 Å². The van der Waals surface area contributed by atoms with Gasteiger partial charge in [-0.1, -0.05) is 40.3 Å². The van der Waals surface area contributed by atoms with Crippen molar-refractivity contribution in [3.63, 3.8) is 0 Å². The lowest BCUT2D eigenvalue weighted by Crippen LogP contribution is -2.60. The number of carbonyl (C=O) groups is 2. The minimum atomic E-state index is -2.83. The van der Waals surface area contributed by atoms with E-state index in [0.29, 0.717) is 36.8 Å². The number of hydrogen-bond acceptors (Lipinski definition) is 9. The number of carbonyl (C=O) groups excluding carboxylic acids is 2. The molecule has 0 bridgehead atoms. The summed E-state index contributed by atoms with van der Waals surface area (Å²) in [5.41, 5.74) is 0.863. The van der Waals surface area contributed by atoms with Crippen LogP contribution in [0.5, 0.6) is 0 Å². The largest absolute Gasteiger partial charge is 0.469 e. The summed E-state index contributed by atoms with van der Waals surface area (Å²) in [6, 6.07) is 2.84. The maximum absolute atomic E-state index is 11.6. The molecule has 0 aliphatic carbocycles. The van der Waals surface area contributed by atoms with Gasteiger partial charge in [0.2, 0.25) is 0 Å². The third kappa shape index (κ3) is 30.2. The molecule has 0 radical (unpaired) electrons. The summed E-state index contributed by atoms with van der Waals surface area (Å²) in [7, 11) is -14.0. The Morgan fingerprint density at radius 2 is 0.800 bits per heavy atom. The van der Waals surface area contributed by atoms with Crippen LogP contribution in [0.4, 0.5) is 0 Å². The van der Waals surface area contributed by atoms with E-state index in [9.17, 15) is 9.59 Å². The van der Waals surface area contributed by atoms with Gasteiger partial charge in [0, 0.05) is 17.2 Å². The zero-order chi connectivity index (χ0) is 39.1. The summed E-state index contributed by atoms with van der Waals surface area (Å²) in [4.78, 5) is 23.0. The highest BCUT2D eigenvalue weighted by molar-refractivity contribution is 6.90. The average Bonchev–Trinajstić information content (AvgIpc) is 2.83. The van der Waals surface area contributed by atoms with Crippen molar-refractivity contribution in [2.75, 3.05) is 13.2 Å². The number of esters is 2. The van der Waals surface area contributed by atoms with Gasteiger partial charge >= 0.3 is 29.3 Å². The van der Waals surface area contributed by atoms with Gasteiger partial charge in [-0.15, -0.1) is 0 Å². The molecule has 0 N–H and O–H groups in total. The zero-order valence-corrected chi connectivity index (χ0v) is 42.0. The molecule has 9 nitrogen and oxygen atoms in total. The Hall–Kier alpha value is -0.262. The molecular weight excluding hydrogens is 749 g/mol. The summed E-state index contributed by atoms with van der Waals surface area (Å²) in [5.74, 6) is -0.660. The molecule has 0 saturated heterocycles. The number of unbranched alkanes of at least 4 members (excludes halogenated alkanes) is 1. The standard InChI is InChI=1S/C17H38O4Si3.C16H38O5Si4.CH4/c1-10-11-14-22(4,5)20-24(8,9)21-23(6,7)15-12-13-19-17(18)16(2)3;1-15(2)16(17)18-13-12-14-25(19-22(3,4)5,20-23(6,7)8)21-24(9,10)11;/h2,10-15H2,1,3-9H3;1,12-14H2,2-11H3;1H4. The topological polar surface area (TPSA) is 98.8 Å². The van der Waals surface area contributed by atoms with E-state index in [1.165, 1.54) is 18.9 Å². The van der Waals surface area contributed by atoms with Crippen molar-refractivity contribution in [3.05, 3.63) is 24.3 Å². The Morgan fingerprint density at radius 1 is 0.500 bits per heavy atom. The number of ether oxygens (including phenoxy) is 2. The van der Waals surface area contributed by atoms with Crippen molar-refractivity contribution in [1.29, 1.82) is 0 Å². The van der Waals surface area contributed by atoms with Gasteiger partial charge in [0.25, 0.3) is 0 Å². The van der Waals surface area contributed by atoms with E-state index in [1.54, 1.807) is 13.8 Å². The zero-order valence-electron chi connectivity index (χ0n) is 35.0. The monoisotopic (exact) mass is 828 g/mol. The second-order valence-corrected chi connectivity index (χ2v) is 47.1. The van der Waals surface area contributed by atoms with Gasteiger partial charge in [0.1, 0.15) is 0 Å².